The highest BCUT2D eigenvalue weighted by atomic mass is 32.1. The van der Waals surface area contributed by atoms with Gasteiger partial charge in [0.25, 0.3) is 0 Å². The van der Waals surface area contributed by atoms with Gasteiger partial charge in [0.1, 0.15) is 0 Å². The van der Waals surface area contributed by atoms with E-state index in [1.54, 1.807) is 16.2 Å². The molecular formula is C14H20N2O3S. The minimum Gasteiger partial charge on any atom is -0.481 e. The van der Waals surface area contributed by atoms with E-state index >= 15 is 0 Å². The van der Waals surface area contributed by atoms with Crippen LogP contribution in [0.25, 0.3) is 0 Å². The van der Waals surface area contributed by atoms with Crippen molar-refractivity contribution < 1.29 is 14.7 Å². The van der Waals surface area contributed by atoms with Crippen molar-refractivity contribution in [3.63, 3.8) is 0 Å². The van der Waals surface area contributed by atoms with E-state index in [0.717, 1.165) is 17.7 Å². The molecule has 2 amide bonds. The summed E-state index contributed by atoms with van der Waals surface area (Å²) in [5.41, 5.74) is 0. The molecule has 1 aromatic heterocycles. The van der Waals surface area contributed by atoms with E-state index < -0.39 is 5.97 Å². The van der Waals surface area contributed by atoms with Gasteiger partial charge in [0, 0.05) is 29.3 Å². The Morgan fingerprint density at radius 2 is 2.20 bits per heavy atom. The van der Waals surface area contributed by atoms with E-state index in [-0.39, 0.29) is 18.4 Å². The van der Waals surface area contributed by atoms with Crippen LogP contribution in [0.2, 0.25) is 0 Å². The molecule has 1 aromatic rings. The summed E-state index contributed by atoms with van der Waals surface area (Å²) in [6.07, 6.45) is 1.94. The molecule has 1 fully saturated rings. The Hall–Kier alpha value is -1.56. The summed E-state index contributed by atoms with van der Waals surface area (Å²) >= 11 is 1.72. The molecular weight excluding hydrogens is 276 g/mol. The minimum atomic E-state index is -0.789. The number of carboxylic acid groups (broad SMARTS) is 1. The van der Waals surface area contributed by atoms with Crippen molar-refractivity contribution >= 4 is 23.3 Å². The molecule has 5 nitrogen and oxygen atoms in total. The van der Waals surface area contributed by atoms with E-state index in [1.165, 1.54) is 4.88 Å². The zero-order chi connectivity index (χ0) is 14.5. The molecule has 1 aliphatic rings. The SMILES string of the molecule is CCc1ccc(CNC(=O)N2CCC(CC(=O)O)C2)s1. The van der Waals surface area contributed by atoms with Gasteiger partial charge in [-0.25, -0.2) is 4.79 Å². The molecule has 0 aromatic carbocycles. The second-order valence-corrected chi connectivity index (χ2v) is 6.33. The van der Waals surface area contributed by atoms with Gasteiger partial charge in [0.2, 0.25) is 0 Å². The number of thiophene rings is 1. The van der Waals surface area contributed by atoms with Gasteiger partial charge in [0.05, 0.1) is 6.54 Å². The Kier molecular flexibility index (Phi) is 5.00. The lowest BCUT2D eigenvalue weighted by molar-refractivity contribution is -0.138. The Morgan fingerprint density at radius 1 is 1.45 bits per heavy atom. The smallest absolute Gasteiger partial charge is 0.317 e. The molecule has 0 radical (unpaired) electrons. The largest absolute Gasteiger partial charge is 0.481 e. The third-order valence-electron chi connectivity index (χ3n) is 3.52. The number of aryl methyl sites for hydroxylation is 1. The zero-order valence-corrected chi connectivity index (χ0v) is 12.4. The van der Waals surface area contributed by atoms with Crippen molar-refractivity contribution in [1.29, 1.82) is 0 Å². The van der Waals surface area contributed by atoms with Gasteiger partial charge in [-0.2, -0.15) is 0 Å². The predicted octanol–water partition coefficient (Wildman–Crippen LogP) is 2.32. The van der Waals surface area contributed by atoms with Gasteiger partial charge >= 0.3 is 12.0 Å². The number of hydrogen-bond donors (Lipinski definition) is 2. The number of nitrogens with one attached hydrogen (secondary N) is 1. The molecule has 1 atom stereocenters. The van der Waals surface area contributed by atoms with Crippen LogP contribution in [0.3, 0.4) is 0 Å². The number of carboxylic acids is 1. The molecule has 0 saturated carbocycles. The normalized spacial score (nSPS) is 18.2. The number of amides is 2. The average molecular weight is 296 g/mol. The molecule has 0 spiro atoms. The molecule has 0 aliphatic carbocycles. The maximum Gasteiger partial charge on any atom is 0.317 e. The van der Waals surface area contributed by atoms with Crippen molar-refractivity contribution in [1.82, 2.24) is 10.2 Å². The predicted molar refractivity (Wildman–Crippen MR) is 77.9 cm³/mol. The van der Waals surface area contributed by atoms with Crippen molar-refractivity contribution in [2.75, 3.05) is 13.1 Å². The zero-order valence-electron chi connectivity index (χ0n) is 11.6. The van der Waals surface area contributed by atoms with Gasteiger partial charge < -0.3 is 15.3 Å². The van der Waals surface area contributed by atoms with E-state index in [2.05, 4.69) is 18.3 Å². The van der Waals surface area contributed by atoms with Gasteiger partial charge in [-0.05, 0) is 30.9 Å². The first-order valence-corrected chi connectivity index (χ1v) is 7.72. The third kappa shape index (κ3) is 3.96. The first kappa shape index (κ1) is 14.8. The standard InChI is InChI=1S/C14H20N2O3S/c1-2-11-3-4-12(20-11)8-15-14(19)16-6-5-10(9-16)7-13(17)18/h3-4,10H,2,5-9H2,1H3,(H,15,19)(H,17,18). The summed E-state index contributed by atoms with van der Waals surface area (Å²) in [6.45, 7) is 3.85. The van der Waals surface area contributed by atoms with E-state index in [1.807, 2.05) is 6.07 Å². The lowest BCUT2D eigenvalue weighted by Crippen LogP contribution is -2.38. The van der Waals surface area contributed by atoms with Crippen LogP contribution < -0.4 is 5.32 Å². The topological polar surface area (TPSA) is 69.6 Å². The summed E-state index contributed by atoms with van der Waals surface area (Å²) in [6, 6.07) is 4.04. The molecule has 1 saturated heterocycles. The van der Waals surface area contributed by atoms with Crippen molar-refractivity contribution in [3.8, 4) is 0 Å². The van der Waals surface area contributed by atoms with Crippen LogP contribution in [0, 0.1) is 5.92 Å². The van der Waals surface area contributed by atoms with E-state index in [9.17, 15) is 9.59 Å². The molecule has 6 heteroatoms. The second-order valence-electron chi connectivity index (χ2n) is 5.08. The molecule has 110 valence electrons. The number of hydrogen-bond acceptors (Lipinski definition) is 3. The molecule has 1 aliphatic heterocycles. The lowest BCUT2D eigenvalue weighted by Gasteiger charge is -2.16. The number of likely N-dealkylation sites (tertiary alicyclic amines) is 1. The number of urea groups is 1. The average Bonchev–Trinajstić information content (AvgIpc) is 3.04. The second kappa shape index (κ2) is 6.74. The Labute approximate surface area is 122 Å². The molecule has 20 heavy (non-hydrogen) atoms. The fourth-order valence-electron chi connectivity index (χ4n) is 2.41. The van der Waals surface area contributed by atoms with Crippen molar-refractivity contribution in [2.45, 2.75) is 32.7 Å². The maximum atomic E-state index is 12.0. The van der Waals surface area contributed by atoms with Crippen LogP contribution >= 0.6 is 11.3 Å². The molecule has 2 heterocycles. The summed E-state index contributed by atoms with van der Waals surface area (Å²) in [4.78, 5) is 26.8. The van der Waals surface area contributed by atoms with Crippen molar-refractivity contribution in [2.24, 2.45) is 5.92 Å². The van der Waals surface area contributed by atoms with Crippen LogP contribution in [-0.4, -0.2) is 35.1 Å². The number of aliphatic carboxylic acids is 1. The Balaban J connectivity index is 1.76. The summed E-state index contributed by atoms with van der Waals surface area (Å²) < 4.78 is 0. The highest BCUT2D eigenvalue weighted by molar-refractivity contribution is 7.11. The van der Waals surface area contributed by atoms with Crippen LogP contribution in [0.1, 0.15) is 29.5 Å². The fourth-order valence-corrected chi connectivity index (χ4v) is 3.31. The van der Waals surface area contributed by atoms with Crippen LogP contribution in [-0.2, 0) is 17.8 Å². The summed E-state index contributed by atoms with van der Waals surface area (Å²) in [7, 11) is 0. The summed E-state index contributed by atoms with van der Waals surface area (Å²) in [5.74, 6) is -0.699. The maximum absolute atomic E-state index is 12.0. The monoisotopic (exact) mass is 296 g/mol. The number of carbonyl (C=O) groups excluding carboxylic acids is 1. The van der Waals surface area contributed by atoms with E-state index in [0.29, 0.717) is 19.6 Å². The van der Waals surface area contributed by atoms with Crippen LogP contribution in [0.15, 0.2) is 12.1 Å². The highest BCUT2D eigenvalue weighted by Gasteiger charge is 2.27. The van der Waals surface area contributed by atoms with Crippen molar-refractivity contribution in [3.05, 3.63) is 21.9 Å². The third-order valence-corrected chi connectivity index (χ3v) is 4.75. The van der Waals surface area contributed by atoms with Gasteiger partial charge in [0.15, 0.2) is 0 Å². The number of carbonyl (C=O) groups is 2. The summed E-state index contributed by atoms with van der Waals surface area (Å²) in [5, 5.41) is 11.7. The van der Waals surface area contributed by atoms with Gasteiger partial charge in [-0.15, -0.1) is 11.3 Å². The first-order chi connectivity index (χ1) is 9.58. The number of nitrogens with zero attached hydrogens (tertiary/aromatic N) is 1. The molecule has 0 bridgehead atoms. The van der Waals surface area contributed by atoms with Crippen LogP contribution in [0.5, 0.6) is 0 Å². The molecule has 2 N–H and O–H groups in total. The quantitative estimate of drug-likeness (QED) is 0.876. The molecule has 2 rings (SSSR count). The molecule has 1 unspecified atom stereocenters. The number of rotatable bonds is 5. The Morgan fingerprint density at radius 3 is 2.85 bits per heavy atom. The van der Waals surface area contributed by atoms with Crippen LogP contribution in [0.4, 0.5) is 4.79 Å². The minimum absolute atomic E-state index is 0.0895. The fraction of sp³-hybridized carbons (Fsp3) is 0.571. The highest BCUT2D eigenvalue weighted by Crippen LogP contribution is 2.20. The Bertz CT molecular complexity index is 487. The lowest BCUT2D eigenvalue weighted by atomic mass is 10.1. The van der Waals surface area contributed by atoms with Gasteiger partial charge in [-0.3, -0.25) is 4.79 Å². The van der Waals surface area contributed by atoms with Gasteiger partial charge in [-0.1, -0.05) is 6.92 Å². The first-order valence-electron chi connectivity index (χ1n) is 6.90. The van der Waals surface area contributed by atoms with E-state index in [4.69, 9.17) is 5.11 Å².